The third-order valence-electron chi connectivity index (χ3n) is 4.72. The van der Waals surface area contributed by atoms with Gasteiger partial charge in [-0.15, -0.1) is 5.10 Å². The molecule has 144 valence electrons. The zero-order valence-corrected chi connectivity index (χ0v) is 17.3. The van der Waals surface area contributed by atoms with E-state index in [1.807, 2.05) is 53.4 Å². The van der Waals surface area contributed by atoms with Crippen molar-refractivity contribution in [1.82, 2.24) is 30.0 Å². The number of piperazine rings is 1. The Morgan fingerprint density at radius 2 is 1.68 bits per heavy atom. The lowest BCUT2D eigenvalue weighted by atomic mass is 10.2. The number of rotatable bonds is 4. The van der Waals surface area contributed by atoms with Gasteiger partial charge in [-0.2, -0.15) is 4.68 Å². The zero-order valence-electron chi connectivity index (χ0n) is 15.0. The number of aromatic nitrogens is 4. The molecule has 1 saturated heterocycles. The van der Waals surface area contributed by atoms with E-state index in [1.54, 1.807) is 4.68 Å². The second kappa shape index (κ2) is 8.38. The Morgan fingerprint density at radius 1 is 1.00 bits per heavy atom. The third kappa shape index (κ3) is 4.24. The summed E-state index contributed by atoms with van der Waals surface area (Å²) in [6.45, 7) is 3.52. The molecule has 4 rings (SSSR count). The molecular weight excluding hydrogens is 444 g/mol. The number of halogens is 2. The largest absolute Gasteiger partial charge is 0.336 e. The van der Waals surface area contributed by atoms with E-state index < -0.39 is 0 Å². The second-order valence-electron chi connectivity index (χ2n) is 6.56. The van der Waals surface area contributed by atoms with Gasteiger partial charge in [0.15, 0.2) is 5.82 Å². The van der Waals surface area contributed by atoms with E-state index in [0.29, 0.717) is 30.2 Å². The lowest BCUT2D eigenvalue weighted by Crippen LogP contribution is -2.48. The first-order chi connectivity index (χ1) is 13.6. The third-order valence-corrected chi connectivity index (χ3v) is 5.50. The maximum atomic E-state index is 12.6. The molecule has 2 heterocycles. The highest BCUT2D eigenvalue weighted by atomic mass is 79.9. The smallest absolute Gasteiger partial charge is 0.253 e. The monoisotopic (exact) mass is 460 g/mol. The fraction of sp³-hybridized carbons (Fsp3) is 0.263. The molecule has 0 saturated carbocycles. The lowest BCUT2D eigenvalue weighted by Gasteiger charge is -2.34. The van der Waals surface area contributed by atoms with E-state index in [2.05, 4.69) is 36.4 Å². The molecule has 0 atom stereocenters. The maximum Gasteiger partial charge on any atom is 0.253 e. The molecule has 0 aliphatic carbocycles. The fourth-order valence-corrected chi connectivity index (χ4v) is 3.56. The normalized spacial score (nSPS) is 15.0. The van der Waals surface area contributed by atoms with Crippen LogP contribution in [0.5, 0.6) is 0 Å². The summed E-state index contributed by atoms with van der Waals surface area (Å²) in [4.78, 5) is 16.8. The summed E-state index contributed by atoms with van der Waals surface area (Å²) in [6, 6.07) is 14.9. The molecule has 1 fully saturated rings. The van der Waals surface area contributed by atoms with Gasteiger partial charge in [-0.1, -0.05) is 27.5 Å². The van der Waals surface area contributed by atoms with Crippen LogP contribution in [0.2, 0.25) is 5.02 Å². The van der Waals surface area contributed by atoms with E-state index in [4.69, 9.17) is 11.6 Å². The van der Waals surface area contributed by atoms with Crippen LogP contribution in [-0.2, 0) is 6.54 Å². The first kappa shape index (κ1) is 19.0. The topological polar surface area (TPSA) is 67.2 Å². The van der Waals surface area contributed by atoms with Gasteiger partial charge in [0.1, 0.15) is 0 Å². The molecule has 0 spiro atoms. The molecular formula is C19H18BrClN6O. The van der Waals surface area contributed by atoms with Gasteiger partial charge in [0.25, 0.3) is 5.91 Å². The van der Waals surface area contributed by atoms with Gasteiger partial charge < -0.3 is 4.90 Å². The molecule has 3 aromatic rings. The summed E-state index contributed by atoms with van der Waals surface area (Å²) in [5.74, 6) is 0.827. The van der Waals surface area contributed by atoms with Crippen LogP contribution in [-0.4, -0.2) is 62.1 Å². The first-order valence-corrected chi connectivity index (χ1v) is 10.1. The van der Waals surface area contributed by atoms with Gasteiger partial charge in [0.2, 0.25) is 0 Å². The van der Waals surface area contributed by atoms with Crippen molar-refractivity contribution in [2.45, 2.75) is 6.54 Å². The number of tetrazole rings is 1. The number of carbonyl (C=O) groups excluding carboxylic acids is 1. The lowest BCUT2D eigenvalue weighted by molar-refractivity contribution is 0.0624. The Kier molecular flexibility index (Phi) is 5.70. The fourth-order valence-electron chi connectivity index (χ4n) is 3.17. The minimum absolute atomic E-state index is 0.0677. The van der Waals surface area contributed by atoms with Crippen LogP contribution in [0.15, 0.2) is 53.0 Å². The molecule has 9 heteroatoms. The average molecular weight is 462 g/mol. The van der Waals surface area contributed by atoms with Crippen LogP contribution in [0.25, 0.3) is 5.69 Å². The molecule has 1 amide bonds. The number of hydrogen-bond donors (Lipinski definition) is 0. The van der Waals surface area contributed by atoms with Gasteiger partial charge in [-0.25, -0.2) is 0 Å². The van der Waals surface area contributed by atoms with Crippen LogP contribution in [0.3, 0.4) is 0 Å². The molecule has 28 heavy (non-hydrogen) atoms. The Hall–Kier alpha value is -2.29. The van der Waals surface area contributed by atoms with Gasteiger partial charge in [0, 0.05) is 41.2 Å². The van der Waals surface area contributed by atoms with Crippen molar-refractivity contribution in [3.8, 4) is 5.69 Å². The summed E-state index contributed by atoms with van der Waals surface area (Å²) in [5.41, 5.74) is 1.58. The van der Waals surface area contributed by atoms with E-state index in [-0.39, 0.29) is 5.91 Å². The zero-order chi connectivity index (χ0) is 19.5. The summed E-state index contributed by atoms with van der Waals surface area (Å²) in [5, 5.41) is 12.7. The summed E-state index contributed by atoms with van der Waals surface area (Å²) in [7, 11) is 0. The van der Waals surface area contributed by atoms with Crippen LogP contribution in [0.4, 0.5) is 0 Å². The molecule has 0 N–H and O–H groups in total. The first-order valence-electron chi connectivity index (χ1n) is 8.90. The molecule has 7 nitrogen and oxygen atoms in total. The molecule has 1 aliphatic heterocycles. The highest BCUT2D eigenvalue weighted by molar-refractivity contribution is 9.10. The highest BCUT2D eigenvalue weighted by Crippen LogP contribution is 2.16. The minimum Gasteiger partial charge on any atom is -0.336 e. The Balaban J connectivity index is 1.38. The number of nitrogens with zero attached hydrogens (tertiary/aromatic N) is 6. The number of carbonyl (C=O) groups is 1. The van der Waals surface area contributed by atoms with Gasteiger partial charge in [0.05, 0.1) is 12.2 Å². The predicted octanol–water partition coefficient (Wildman–Crippen LogP) is 3.04. The Labute approximate surface area is 176 Å². The number of amides is 1. The maximum absolute atomic E-state index is 12.6. The molecule has 2 aromatic carbocycles. The van der Waals surface area contributed by atoms with Gasteiger partial charge >= 0.3 is 0 Å². The Morgan fingerprint density at radius 3 is 2.36 bits per heavy atom. The van der Waals surface area contributed by atoms with Crippen LogP contribution in [0.1, 0.15) is 16.2 Å². The van der Waals surface area contributed by atoms with Gasteiger partial charge in [-0.3, -0.25) is 9.69 Å². The molecule has 1 aliphatic rings. The van der Waals surface area contributed by atoms with E-state index in [0.717, 1.165) is 29.1 Å². The average Bonchev–Trinajstić information content (AvgIpc) is 3.17. The van der Waals surface area contributed by atoms with Crippen molar-refractivity contribution >= 4 is 33.4 Å². The van der Waals surface area contributed by atoms with Crippen molar-refractivity contribution < 1.29 is 4.79 Å². The number of hydrogen-bond acceptors (Lipinski definition) is 5. The van der Waals surface area contributed by atoms with Gasteiger partial charge in [-0.05, 0) is 59.0 Å². The summed E-state index contributed by atoms with van der Waals surface area (Å²) < 4.78 is 2.68. The second-order valence-corrected chi connectivity index (χ2v) is 7.91. The predicted molar refractivity (Wildman–Crippen MR) is 109 cm³/mol. The SMILES string of the molecule is O=C(c1ccc(Br)cc1)N1CCN(Cc2nnnn2-c2ccc(Cl)cc2)CC1. The van der Waals surface area contributed by atoms with E-state index >= 15 is 0 Å². The summed E-state index contributed by atoms with van der Waals surface area (Å²) in [6.07, 6.45) is 0. The Bertz CT molecular complexity index is 951. The van der Waals surface area contributed by atoms with Crippen LogP contribution >= 0.6 is 27.5 Å². The van der Waals surface area contributed by atoms with Crippen molar-refractivity contribution in [3.63, 3.8) is 0 Å². The van der Waals surface area contributed by atoms with Crippen molar-refractivity contribution in [2.75, 3.05) is 26.2 Å². The minimum atomic E-state index is 0.0677. The van der Waals surface area contributed by atoms with Crippen molar-refractivity contribution in [3.05, 3.63) is 69.4 Å². The van der Waals surface area contributed by atoms with Crippen molar-refractivity contribution in [1.29, 1.82) is 0 Å². The quantitative estimate of drug-likeness (QED) is 0.597. The molecule has 0 radical (unpaired) electrons. The van der Waals surface area contributed by atoms with E-state index in [1.165, 1.54) is 0 Å². The van der Waals surface area contributed by atoms with Crippen molar-refractivity contribution in [2.24, 2.45) is 0 Å². The van der Waals surface area contributed by atoms with Crippen LogP contribution < -0.4 is 0 Å². The number of benzene rings is 2. The standard InChI is InChI=1S/C19H18BrClN6O/c20-15-3-1-14(2-4-15)19(28)26-11-9-25(10-12-26)13-18-22-23-24-27(18)17-7-5-16(21)6-8-17/h1-8H,9-13H2. The summed E-state index contributed by atoms with van der Waals surface area (Å²) >= 11 is 9.35. The highest BCUT2D eigenvalue weighted by Gasteiger charge is 2.23. The van der Waals surface area contributed by atoms with E-state index in [9.17, 15) is 4.79 Å². The molecule has 1 aromatic heterocycles. The molecule has 0 unspecified atom stereocenters. The molecule has 0 bridgehead atoms. The van der Waals surface area contributed by atoms with Crippen LogP contribution in [0, 0.1) is 0 Å².